The monoisotopic (exact) mass is 281 g/mol. The van der Waals surface area contributed by atoms with Crippen molar-refractivity contribution in [3.8, 4) is 0 Å². The molecule has 1 heterocycles. The molecule has 1 spiro atoms. The van der Waals surface area contributed by atoms with Crippen molar-refractivity contribution in [3.63, 3.8) is 0 Å². The molecule has 2 fully saturated rings. The van der Waals surface area contributed by atoms with E-state index >= 15 is 0 Å². The summed E-state index contributed by atoms with van der Waals surface area (Å²) in [5.74, 6) is 1.34. The largest absolute Gasteiger partial charge is 0.463 e. The molecule has 0 bridgehead atoms. The Balaban J connectivity index is 2.01. The summed E-state index contributed by atoms with van der Waals surface area (Å²) in [6.45, 7) is 11.9. The van der Waals surface area contributed by atoms with E-state index in [4.69, 9.17) is 4.74 Å². The standard InChI is InChI=1S/C17H31NO2/c1-12(2)10-14-11-20-15(19)17(18-14)8-6-13(7-9-17)16(3,4)5/h12-14,18H,6-11H2,1-5H3/t13?,14-,17?/m0/s1. The zero-order valence-corrected chi connectivity index (χ0v) is 13.8. The molecular weight excluding hydrogens is 250 g/mol. The van der Waals surface area contributed by atoms with E-state index in [1.807, 2.05) is 0 Å². The third-order valence-electron chi connectivity index (χ3n) is 5.11. The maximum atomic E-state index is 12.3. The molecule has 1 saturated heterocycles. The summed E-state index contributed by atoms with van der Waals surface area (Å²) in [6, 6.07) is 0.332. The van der Waals surface area contributed by atoms with Crippen LogP contribution in [0.15, 0.2) is 0 Å². The van der Waals surface area contributed by atoms with Gasteiger partial charge in [0.2, 0.25) is 0 Å². The number of carbonyl (C=O) groups excluding carboxylic acids is 1. The van der Waals surface area contributed by atoms with Crippen LogP contribution in [0.2, 0.25) is 0 Å². The fourth-order valence-electron chi connectivity index (χ4n) is 3.83. The SMILES string of the molecule is CC(C)C[C@H]1COC(=O)C2(CCC(C(C)(C)C)CC2)N1. The Morgan fingerprint density at radius 2 is 1.90 bits per heavy atom. The Kier molecular flexibility index (Phi) is 4.48. The zero-order valence-electron chi connectivity index (χ0n) is 13.8. The summed E-state index contributed by atoms with van der Waals surface area (Å²) in [7, 11) is 0. The van der Waals surface area contributed by atoms with Crippen LogP contribution < -0.4 is 5.32 Å². The number of nitrogens with one attached hydrogen (secondary N) is 1. The molecule has 1 N–H and O–H groups in total. The van der Waals surface area contributed by atoms with Crippen LogP contribution in [0.5, 0.6) is 0 Å². The highest BCUT2D eigenvalue weighted by Gasteiger charge is 2.48. The second kappa shape index (κ2) is 5.67. The third-order valence-corrected chi connectivity index (χ3v) is 5.11. The number of cyclic esters (lactones) is 1. The van der Waals surface area contributed by atoms with Crippen LogP contribution in [-0.2, 0) is 9.53 Å². The van der Waals surface area contributed by atoms with E-state index in [-0.39, 0.29) is 11.5 Å². The summed E-state index contributed by atoms with van der Waals surface area (Å²) in [5.41, 5.74) is -0.0446. The molecule has 0 radical (unpaired) electrons. The van der Waals surface area contributed by atoms with Crippen LogP contribution in [0.4, 0.5) is 0 Å². The van der Waals surface area contributed by atoms with Gasteiger partial charge in [0, 0.05) is 6.04 Å². The summed E-state index contributed by atoms with van der Waals surface area (Å²) < 4.78 is 5.50. The van der Waals surface area contributed by atoms with Crippen molar-refractivity contribution in [1.29, 1.82) is 0 Å². The lowest BCUT2D eigenvalue weighted by molar-refractivity contribution is -0.162. The molecule has 1 aliphatic heterocycles. The first-order chi connectivity index (χ1) is 9.23. The van der Waals surface area contributed by atoms with E-state index in [2.05, 4.69) is 39.9 Å². The van der Waals surface area contributed by atoms with Gasteiger partial charge < -0.3 is 4.74 Å². The molecule has 0 unspecified atom stereocenters. The van der Waals surface area contributed by atoms with Gasteiger partial charge in [-0.05, 0) is 49.4 Å². The summed E-state index contributed by atoms with van der Waals surface area (Å²) in [4.78, 5) is 12.3. The van der Waals surface area contributed by atoms with Gasteiger partial charge in [-0.15, -0.1) is 0 Å². The molecule has 2 rings (SSSR count). The lowest BCUT2D eigenvalue weighted by Gasteiger charge is -2.47. The molecule has 1 aliphatic carbocycles. The van der Waals surface area contributed by atoms with Crippen LogP contribution in [0.25, 0.3) is 0 Å². The first-order valence-corrected chi connectivity index (χ1v) is 8.18. The Bertz CT molecular complexity index is 348. The van der Waals surface area contributed by atoms with Crippen molar-refractivity contribution in [2.24, 2.45) is 17.3 Å². The van der Waals surface area contributed by atoms with Crippen molar-refractivity contribution in [2.75, 3.05) is 6.61 Å². The topological polar surface area (TPSA) is 38.3 Å². The number of ether oxygens (including phenoxy) is 1. The molecule has 0 aromatic rings. The van der Waals surface area contributed by atoms with Gasteiger partial charge in [-0.2, -0.15) is 0 Å². The maximum absolute atomic E-state index is 12.3. The van der Waals surface area contributed by atoms with E-state index in [1.54, 1.807) is 0 Å². The van der Waals surface area contributed by atoms with Gasteiger partial charge in [0.25, 0.3) is 0 Å². The van der Waals surface area contributed by atoms with Crippen LogP contribution in [0.1, 0.15) is 66.7 Å². The van der Waals surface area contributed by atoms with Crippen molar-refractivity contribution in [1.82, 2.24) is 5.32 Å². The quantitative estimate of drug-likeness (QED) is 0.787. The smallest absolute Gasteiger partial charge is 0.326 e. The van der Waals surface area contributed by atoms with E-state index in [1.165, 1.54) is 0 Å². The van der Waals surface area contributed by atoms with Crippen molar-refractivity contribution >= 4 is 5.97 Å². The van der Waals surface area contributed by atoms with Gasteiger partial charge in [-0.25, -0.2) is 0 Å². The molecule has 0 aromatic heterocycles. The molecule has 1 atom stereocenters. The molecule has 0 amide bonds. The van der Waals surface area contributed by atoms with Crippen LogP contribution in [0, 0.1) is 17.3 Å². The molecule has 3 heteroatoms. The van der Waals surface area contributed by atoms with Crippen LogP contribution in [-0.4, -0.2) is 24.2 Å². The molecule has 116 valence electrons. The second-order valence-corrected chi connectivity index (χ2v) is 8.29. The van der Waals surface area contributed by atoms with Gasteiger partial charge in [0.05, 0.1) is 0 Å². The minimum atomic E-state index is -0.389. The Morgan fingerprint density at radius 3 is 2.40 bits per heavy atom. The molecule has 3 nitrogen and oxygen atoms in total. The number of rotatable bonds is 2. The number of morpholine rings is 1. The number of hydrogen-bond donors (Lipinski definition) is 1. The molecule has 2 aliphatic rings. The van der Waals surface area contributed by atoms with Gasteiger partial charge in [-0.1, -0.05) is 34.6 Å². The third kappa shape index (κ3) is 3.36. The van der Waals surface area contributed by atoms with E-state index in [0.29, 0.717) is 29.9 Å². The van der Waals surface area contributed by atoms with Crippen molar-refractivity contribution in [2.45, 2.75) is 78.3 Å². The Labute approximate surface area is 123 Å². The van der Waals surface area contributed by atoms with E-state index in [9.17, 15) is 4.79 Å². The fourth-order valence-corrected chi connectivity index (χ4v) is 3.83. The van der Waals surface area contributed by atoms with Crippen molar-refractivity contribution < 1.29 is 9.53 Å². The highest BCUT2D eigenvalue weighted by molar-refractivity contribution is 5.81. The molecule has 20 heavy (non-hydrogen) atoms. The summed E-state index contributed by atoms with van der Waals surface area (Å²) in [5, 5.41) is 3.65. The van der Waals surface area contributed by atoms with Gasteiger partial charge in [0.15, 0.2) is 0 Å². The number of esters is 1. The van der Waals surface area contributed by atoms with Gasteiger partial charge >= 0.3 is 5.97 Å². The van der Waals surface area contributed by atoms with E-state index < -0.39 is 0 Å². The summed E-state index contributed by atoms with van der Waals surface area (Å²) >= 11 is 0. The number of hydrogen-bond acceptors (Lipinski definition) is 3. The van der Waals surface area contributed by atoms with Crippen LogP contribution in [0.3, 0.4) is 0 Å². The first-order valence-electron chi connectivity index (χ1n) is 8.18. The second-order valence-electron chi connectivity index (χ2n) is 8.29. The average Bonchev–Trinajstić information content (AvgIpc) is 2.33. The van der Waals surface area contributed by atoms with Gasteiger partial charge in [-0.3, -0.25) is 10.1 Å². The minimum Gasteiger partial charge on any atom is -0.463 e. The molecule has 1 saturated carbocycles. The Morgan fingerprint density at radius 1 is 1.30 bits per heavy atom. The van der Waals surface area contributed by atoms with Crippen molar-refractivity contribution in [3.05, 3.63) is 0 Å². The van der Waals surface area contributed by atoms with Gasteiger partial charge in [0.1, 0.15) is 12.1 Å². The van der Waals surface area contributed by atoms with E-state index in [0.717, 1.165) is 32.1 Å². The predicted molar refractivity (Wildman–Crippen MR) is 81.5 cm³/mol. The maximum Gasteiger partial charge on any atom is 0.326 e. The molecular formula is C17H31NO2. The number of carbonyl (C=O) groups is 1. The average molecular weight is 281 g/mol. The lowest BCUT2D eigenvalue weighted by atomic mass is 9.67. The normalized spacial score (nSPS) is 35.4. The highest BCUT2D eigenvalue weighted by Crippen LogP contribution is 2.42. The summed E-state index contributed by atoms with van der Waals surface area (Å²) in [6.07, 6.45) is 5.20. The zero-order chi connectivity index (χ0) is 15.0. The minimum absolute atomic E-state index is 0.00938. The Hall–Kier alpha value is -0.570. The predicted octanol–water partition coefficient (Wildman–Crippen LogP) is 3.52. The first kappa shape index (κ1) is 15.8. The molecule has 0 aromatic carbocycles. The lowest BCUT2D eigenvalue weighted by Crippen LogP contribution is -2.63. The van der Waals surface area contributed by atoms with Crippen LogP contribution >= 0.6 is 0 Å². The fraction of sp³-hybridized carbons (Fsp3) is 0.941. The highest BCUT2D eigenvalue weighted by atomic mass is 16.5.